The first-order valence-electron chi connectivity index (χ1n) is 10.6. The van der Waals surface area contributed by atoms with Crippen LogP contribution < -0.4 is 4.90 Å². The first-order chi connectivity index (χ1) is 13.4. The van der Waals surface area contributed by atoms with Gasteiger partial charge in [0.25, 0.3) is 0 Å². The van der Waals surface area contributed by atoms with E-state index in [1.165, 1.54) is 12.8 Å². The summed E-state index contributed by atoms with van der Waals surface area (Å²) in [6.45, 7) is 3.94. The maximum atomic E-state index is 12.8. The van der Waals surface area contributed by atoms with Crippen molar-refractivity contribution in [2.45, 2.75) is 57.9 Å². The minimum Gasteiger partial charge on any atom is -0.331 e. The van der Waals surface area contributed by atoms with Crippen molar-refractivity contribution in [2.75, 3.05) is 38.6 Å². The molecule has 1 saturated heterocycles. The molecule has 0 radical (unpaired) electrons. The molecule has 0 spiro atoms. The van der Waals surface area contributed by atoms with Gasteiger partial charge in [-0.1, -0.05) is 0 Å². The standard InChI is InChI=1S/C21H31N5O2/c1-14-16-9-10-18(27)26(12-15-7-8-15)21(16)23-20(22-14)17-6-4-5-11-25(17)19(28)13-24(2)3/h15,17H,4-13H2,1-3H3/t17-/m1/s1. The lowest BCUT2D eigenvalue weighted by Gasteiger charge is -2.37. The minimum atomic E-state index is -0.0926. The number of rotatable bonds is 5. The Morgan fingerprint density at radius 3 is 2.64 bits per heavy atom. The van der Waals surface area contributed by atoms with E-state index in [1.807, 2.05) is 35.7 Å². The van der Waals surface area contributed by atoms with Crippen molar-refractivity contribution in [1.82, 2.24) is 19.8 Å². The summed E-state index contributed by atoms with van der Waals surface area (Å²) in [4.78, 5) is 40.9. The molecule has 1 aliphatic carbocycles. The predicted molar refractivity (Wildman–Crippen MR) is 107 cm³/mol. The van der Waals surface area contributed by atoms with Gasteiger partial charge in [0.1, 0.15) is 5.82 Å². The topological polar surface area (TPSA) is 69.6 Å². The maximum absolute atomic E-state index is 12.8. The van der Waals surface area contributed by atoms with E-state index in [-0.39, 0.29) is 17.9 Å². The third-order valence-corrected chi connectivity index (χ3v) is 6.07. The molecule has 0 N–H and O–H groups in total. The molecule has 0 unspecified atom stereocenters. The number of hydrogen-bond donors (Lipinski definition) is 0. The lowest BCUT2D eigenvalue weighted by Crippen LogP contribution is -2.44. The lowest BCUT2D eigenvalue weighted by molar-refractivity contribution is -0.136. The Kier molecular flexibility index (Phi) is 5.36. The molecule has 4 rings (SSSR count). The molecular formula is C21H31N5O2. The summed E-state index contributed by atoms with van der Waals surface area (Å²) >= 11 is 0. The van der Waals surface area contributed by atoms with Crippen LogP contribution in [-0.4, -0.2) is 65.3 Å². The van der Waals surface area contributed by atoms with Gasteiger partial charge in [0, 0.05) is 30.8 Å². The normalized spacial score (nSPS) is 22.6. The second kappa shape index (κ2) is 7.78. The van der Waals surface area contributed by atoms with E-state index in [9.17, 15) is 9.59 Å². The molecule has 152 valence electrons. The van der Waals surface area contributed by atoms with Gasteiger partial charge in [-0.15, -0.1) is 0 Å². The molecule has 0 bridgehead atoms. The fourth-order valence-electron chi connectivity index (χ4n) is 4.36. The number of carbonyl (C=O) groups excluding carboxylic acids is 2. The van der Waals surface area contributed by atoms with Gasteiger partial charge in [0.05, 0.1) is 12.6 Å². The van der Waals surface area contributed by atoms with Crippen molar-refractivity contribution in [3.8, 4) is 0 Å². The van der Waals surface area contributed by atoms with E-state index < -0.39 is 0 Å². The van der Waals surface area contributed by atoms with Crippen molar-refractivity contribution in [3.63, 3.8) is 0 Å². The predicted octanol–water partition coefficient (Wildman–Crippen LogP) is 2.09. The van der Waals surface area contributed by atoms with Gasteiger partial charge in [0.2, 0.25) is 11.8 Å². The average Bonchev–Trinajstić information content (AvgIpc) is 3.47. The summed E-state index contributed by atoms with van der Waals surface area (Å²) in [5.74, 6) is 2.42. The Morgan fingerprint density at radius 1 is 1.14 bits per heavy atom. The third-order valence-electron chi connectivity index (χ3n) is 6.07. The minimum absolute atomic E-state index is 0.0926. The van der Waals surface area contributed by atoms with Gasteiger partial charge < -0.3 is 9.80 Å². The first kappa shape index (κ1) is 19.3. The highest BCUT2D eigenvalue weighted by atomic mass is 16.2. The Labute approximate surface area is 167 Å². The first-order valence-corrected chi connectivity index (χ1v) is 10.6. The van der Waals surface area contributed by atoms with Gasteiger partial charge in [-0.05, 0) is 65.5 Å². The zero-order chi connectivity index (χ0) is 19.8. The van der Waals surface area contributed by atoms with Crippen LogP contribution in [0, 0.1) is 12.8 Å². The Hall–Kier alpha value is -2.02. The summed E-state index contributed by atoms with van der Waals surface area (Å²) in [7, 11) is 3.83. The van der Waals surface area contributed by atoms with Crippen LogP contribution in [0.25, 0.3) is 0 Å². The smallest absolute Gasteiger partial charge is 0.237 e. The lowest BCUT2D eigenvalue weighted by atomic mass is 9.99. The van der Waals surface area contributed by atoms with E-state index in [0.717, 1.165) is 55.8 Å². The summed E-state index contributed by atoms with van der Waals surface area (Å²) in [5.41, 5.74) is 2.06. The van der Waals surface area contributed by atoms with Gasteiger partial charge in [-0.25, -0.2) is 9.97 Å². The number of carbonyl (C=O) groups is 2. The van der Waals surface area contributed by atoms with Crippen LogP contribution in [0.4, 0.5) is 5.82 Å². The summed E-state index contributed by atoms with van der Waals surface area (Å²) in [6, 6.07) is -0.0926. The van der Waals surface area contributed by atoms with Crippen LogP contribution in [0.3, 0.4) is 0 Å². The Bertz CT molecular complexity index is 774. The number of fused-ring (bicyclic) bond motifs is 1. The highest BCUT2D eigenvalue weighted by Gasteiger charge is 2.35. The molecule has 2 aliphatic heterocycles. The number of amides is 2. The number of likely N-dealkylation sites (N-methyl/N-ethyl adjacent to an activating group) is 1. The molecule has 3 aliphatic rings. The molecule has 2 amide bonds. The number of aryl methyl sites for hydroxylation is 1. The third kappa shape index (κ3) is 3.90. The average molecular weight is 386 g/mol. The largest absolute Gasteiger partial charge is 0.331 e. The molecule has 1 saturated carbocycles. The highest BCUT2D eigenvalue weighted by Crippen LogP contribution is 2.37. The molecule has 1 atom stereocenters. The van der Waals surface area contributed by atoms with Gasteiger partial charge in [0.15, 0.2) is 5.82 Å². The van der Waals surface area contributed by atoms with Crippen molar-refractivity contribution >= 4 is 17.6 Å². The number of anilines is 1. The SMILES string of the molecule is Cc1nc([C@H]2CCCCN2C(=O)CN(C)C)nc2c1CCC(=O)N2CC1CC1. The quantitative estimate of drug-likeness (QED) is 0.776. The van der Waals surface area contributed by atoms with Gasteiger partial charge in [-0.2, -0.15) is 0 Å². The highest BCUT2D eigenvalue weighted by molar-refractivity contribution is 5.95. The van der Waals surface area contributed by atoms with Crippen molar-refractivity contribution in [1.29, 1.82) is 0 Å². The van der Waals surface area contributed by atoms with Crippen LogP contribution >= 0.6 is 0 Å². The fraction of sp³-hybridized carbons (Fsp3) is 0.714. The molecule has 3 heterocycles. The van der Waals surface area contributed by atoms with Crippen molar-refractivity contribution in [3.05, 3.63) is 17.1 Å². The zero-order valence-electron chi connectivity index (χ0n) is 17.3. The summed E-state index contributed by atoms with van der Waals surface area (Å²) in [5, 5.41) is 0. The van der Waals surface area contributed by atoms with Crippen LogP contribution in [0.15, 0.2) is 0 Å². The molecule has 28 heavy (non-hydrogen) atoms. The maximum Gasteiger partial charge on any atom is 0.237 e. The number of aromatic nitrogens is 2. The van der Waals surface area contributed by atoms with Crippen molar-refractivity contribution < 1.29 is 9.59 Å². The fourth-order valence-corrected chi connectivity index (χ4v) is 4.36. The van der Waals surface area contributed by atoms with E-state index in [0.29, 0.717) is 24.7 Å². The van der Waals surface area contributed by atoms with Crippen molar-refractivity contribution in [2.24, 2.45) is 5.92 Å². The number of piperidine rings is 1. The van der Waals surface area contributed by atoms with Gasteiger partial charge >= 0.3 is 0 Å². The second-order valence-electron chi connectivity index (χ2n) is 8.75. The molecule has 0 aromatic carbocycles. The van der Waals surface area contributed by atoms with Crippen LogP contribution in [-0.2, 0) is 16.0 Å². The Morgan fingerprint density at radius 2 is 1.93 bits per heavy atom. The molecule has 1 aromatic rings. The monoisotopic (exact) mass is 385 g/mol. The van der Waals surface area contributed by atoms with Crippen LogP contribution in [0.2, 0.25) is 0 Å². The Balaban J connectivity index is 1.67. The van der Waals surface area contributed by atoms with Gasteiger partial charge in [-0.3, -0.25) is 14.5 Å². The van der Waals surface area contributed by atoms with E-state index >= 15 is 0 Å². The van der Waals surface area contributed by atoms with E-state index in [1.54, 1.807) is 0 Å². The van der Waals surface area contributed by atoms with Crippen LogP contribution in [0.1, 0.15) is 61.6 Å². The molecule has 7 heteroatoms. The van der Waals surface area contributed by atoms with E-state index in [2.05, 4.69) is 0 Å². The zero-order valence-corrected chi connectivity index (χ0v) is 17.3. The number of nitrogens with zero attached hydrogens (tertiary/aromatic N) is 5. The summed E-state index contributed by atoms with van der Waals surface area (Å²) < 4.78 is 0. The summed E-state index contributed by atoms with van der Waals surface area (Å²) in [6.07, 6.45) is 6.63. The molecule has 2 fully saturated rings. The number of likely N-dealkylation sites (tertiary alicyclic amines) is 1. The van der Waals surface area contributed by atoms with Crippen LogP contribution in [0.5, 0.6) is 0 Å². The second-order valence-corrected chi connectivity index (χ2v) is 8.75. The molecular weight excluding hydrogens is 354 g/mol. The molecule has 7 nitrogen and oxygen atoms in total. The number of hydrogen-bond acceptors (Lipinski definition) is 5. The molecule has 1 aromatic heterocycles. The van der Waals surface area contributed by atoms with E-state index in [4.69, 9.17) is 9.97 Å².